The van der Waals surface area contributed by atoms with Crippen molar-refractivity contribution in [1.82, 2.24) is 0 Å². The van der Waals surface area contributed by atoms with Crippen molar-refractivity contribution in [2.45, 2.75) is 52.4 Å². The Balaban J connectivity index is 0. The molecule has 0 atom stereocenters. The molecule has 0 saturated carbocycles. The van der Waals surface area contributed by atoms with Crippen molar-refractivity contribution in [3.63, 3.8) is 0 Å². The van der Waals surface area contributed by atoms with Crippen molar-refractivity contribution in [3.05, 3.63) is 0 Å². The number of ether oxygens (including phenoxy) is 6. The predicted molar refractivity (Wildman–Crippen MR) is 106 cm³/mol. The normalized spacial score (nSPS) is 10.6. The van der Waals surface area contributed by atoms with Gasteiger partial charge >= 0.3 is 0 Å². The molecule has 0 radical (unpaired) electrons. The van der Waals surface area contributed by atoms with E-state index in [0.29, 0.717) is 52.9 Å². The summed E-state index contributed by atoms with van der Waals surface area (Å²) >= 11 is 0. The third kappa shape index (κ3) is 31.5. The van der Waals surface area contributed by atoms with Gasteiger partial charge in [-0.1, -0.05) is 39.5 Å². The molecular weight excluding hydrogens is 336 g/mol. The quantitative estimate of drug-likeness (QED) is 0.300. The highest BCUT2D eigenvalue weighted by Gasteiger charge is 1.90. The van der Waals surface area contributed by atoms with Crippen LogP contribution >= 0.6 is 0 Å². The lowest BCUT2D eigenvalue weighted by Gasteiger charge is -2.04. The zero-order valence-electron chi connectivity index (χ0n) is 17.8. The fourth-order valence-corrected chi connectivity index (χ4v) is 1.84. The molecule has 0 aliphatic carbocycles. The molecule has 6 heteroatoms. The molecule has 6 nitrogen and oxygen atoms in total. The van der Waals surface area contributed by atoms with Crippen molar-refractivity contribution >= 4 is 0 Å². The molecule has 0 unspecified atom stereocenters. The minimum absolute atomic E-state index is 0.662. The molecule has 0 saturated heterocycles. The van der Waals surface area contributed by atoms with E-state index < -0.39 is 0 Å². The molecule has 0 aromatic carbocycles. The average molecular weight is 381 g/mol. The molecule has 0 bridgehead atoms. The third-order valence-corrected chi connectivity index (χ3v) is 3.39. The van der Waals surface area contributed by atoms with Gasteiger partial charge in [0.05, 0.1) is 52.9 Å². The Morgan fingerprint density at radius 3 is 1.00 bits per heavy atom. The number of unbranched alkanes of at least 4 members (excludes halogenated alkanes) is 4. The van der Waals surface area contributed by atoms with Gasteiger partial charge in [0.15, 0.2) is 0 Å². The Bertz CT molecular complexity index is 174. The van der Waals surface area contributed by atoms with Gasteiger partial charge in [-0.25, -0.2) is 0 Å². The lowest BCUT2D eigenvalue weighted by atomic mass is 10.3. The smallest absolute Gasteiger partial charge is 0.0701 e. The van der Waals surface area contributed by atoms with Crippen molar-refractivity contribution in [2.75, 3.05) is 80.3 Å². The van der Waals surface area contributed by atoms with Crippen LogP contribution in [0.1, 0.15) is 52.4 Å². The van der Waals surface area contributed by atoms with Crippen LogP contribution in [-0.4, -0.2) is 80.3 Å². The highest BCUT2D eigenvalue weighted by atomic mass is 16.5. The van der Waals surface area contributed by atoms with E-state index in [1.807, 2.05) is 0 Å². The number of methoxy groups -OCH3 is 2. The summed E-state index contributed by atoms with van der Waals surface area (Å²) in [6.45, 7) is 11.5. The molecule has 0 fully saturated rings. The van der Waals surface area contributed by atoms with Crippen molar-refractivity contribution in [2.24, 2.45) is 0 Å². The molecule has 160 valence electrons. The topological polar surface area (TPSA) is 55.4 Å². The van der Waals surface area contributed by atoms with Crippen LogP contribution in [0, 0.1) is 0 Å². The van der Waals surface area contributed by atoms with Crippen LogP contribution in [0.4, 0.5) is 0 Å². The second kappa shape index (κ2) is 29.5. The predicted octanol–water partition coefficient (Wildman–Crippen LogP) is 3.71. The molecule has 0 N–H and O–H groups in total. The first-order chi connectivity index (χ1) is 12.8. The fourth-order valence-electron chi connectivity index (χ4n) is 1.84. The first-order valence-corrected chi connectivity index (χ1v) is 10.1. The summed E-state index contributed by atoms with van der Waals surface area (Å²) in [5.74, 6) is 0. The van der Waals surface area contributed by atoms with E-state index in [0.717, 1.165) is 26.1 Å². The van der Waals surface area contributed by atoms with Gasteiger partial charge < -0.3 is 28.4 Å². The van der Waals surface area contributed by atoms with Crippen LogP contribution in [0.5, 0.6) is 0 Å². The molecule has 0 heterocycles. The summed E-state index contributed by atoms with van der Waals surface area (Å²) in [7, 11) is 3.34. The third-order valence-electron chi connectivity index (χ3n) is 3.39. The number of hydrogen-bond acceptors (Lipinski definition) is 6. The maximum atomic E-state index is 5.35. The van der Waals surface area contributed by atoms with Gasteiger partial charge in [0.25, 0.3) is 0 Å². The van der Waals surface area contributed by atoms with Crippen molar-refractivity contribution in [3.8, 4) is 0 Å². The van der Waals surface area contributed by atoms with Gasteiger partial charge in [-0.05, 0) is 12.8 Å². The van der Waals surface area contributed by atoms with Crippen molar-refractivity contribution in [1.29, 1.82) is 0 Å². The maximum absolute atomic E-state index is 5.35. The highest BCUT2D eigenvalue weighted by molar-refractivity contribution is 4.38. The molecule has 0 aromatic heterocycles. The van der Waals surface area contributed by atoms with E-state index in [1.165, 1.54) is 25.7 Å². The number of rotatable bonds is 20. The molecule has 0 aliphatic rings. The maximum Gasteiger partial charge on any atom is 0.0701 e. The zero-order chi connectivity index (χ0) is 19.6. The molecule has 0 rings (SSSR count). The van der Waals surface area contributed by atoms with Crippen LogP contribution < -0.4 is 0 Å². The van der Waals surface area contributed by atoms with E-state index in [-0.39, 0.29) is 0 Å². The van der Waals surface area contributed by atoms with Crippen molar-refractivity contribution < 1.29 is 28.4 Å². The van der Waals surface area contributed by atoms with E-state index in [2.05, 4.69) is 13.8 Å². The van der Waals surface area contributed by atoms with Crippen LogP contribution in [-0.2, 0) is 28.4 Å². The molecule has 26 heavy (non-hydrogen) atoms. The Labute approximate surface area is 161 Å². The van der Waals surface area contributed by atoms with Crippen LogP contribution in [0.15, 0.2) is 0 Å². The summed E-state index contributed by atoms with van der Waals surface area (Å²) in [6, 6.07) is 0. The monoisotopic (exact) mass is 380 g/mol. The zero-order valence-corrected chi connectivity index (χ0v) is 17.8. The SMILES string of the molecule is CCCCCOCCOCCOC.CCCCCOCCOCCOC. The summed E-state index contributed by atoms with van der Waals surface area (Å²) < 4.78 is 30.8. The van der Waals surface area contributed by atoms with Crippen LogP contribution in [0.2, 0.25) is 0 Å². The van der Waals surface area contributed by atoms with Crippen LogP contribution in [0.3, 0.4) is 0 Å². The number of hydrogen-bond donors (Lipinski definition) is 0. The molecule has 0 aromatic rings. The first kappa shape index (κ1) is 28.0. The minimum atomic E-state index is 0.662. The lowest BCUT2D eigenvalue weighted by molar-refractivity contribution is 0.0240. The summed E-state index contributed by atoms with van der Waals surface area (Å²) in [6.07, 6.45) is 7.32. The minimum Gasteiger partial charge on any atom is -0.382 e. The Morgan fingerprint density at radius 2 is 0.692 bits per heavy atom. The van der Waals surface area contributed by atoms with E-state index in [9.17, 15) is 0 Å². The van der Waals surface area contributed by atoms with Gasteiger partial charge in [0, 0.05) is 27.4 Å². The van der Waals surface area contributed by atoms with Gasteiger partial charge in [0.1, 0.15) is 0 Å². The molecular formula is C20H44O6. The van der Waals surface area contributed by atoms with E-state index in [1.54, 1.807) is 14.2 Å². The van der Waals surface area contributed by atoms with E-state index >= 15 is 0 Å². The summed E-state index contributed by atoms with van der Waals surface area (Å²) in [4.78, 5) is 0. The standard InChI is InChI=1S/2C10H22O3/c2*1-3-4-5-6-12-9-10-13-8-7-11-2/h2*3-10H2,1-2H3. The lowest BCUT2D eigenvalue weighted by Crippen LogP contribution is -2.08. The molecule has 0 aliphatic heterocycles. The Hall–Kier alpha value is -0.240. The Morgan fingerprint density at radius 1 is 0.385 bits per heavy atom. The fraction of sp³-hybridized carbons (Fsp3) is 1.00. The largest absolute Gasteiger partial charge is 0.382 e. The average Bonchev–Trinajstić information content (AvgIpc) is 2.66. The summed E-state index contributed by atoms with van der Waals surface area (Å²) in [5, 5.41) is 0. The second-order valence-electron chi connectivity index (χ2n) is 5.85. The Kier molecular flexibility index (Phi) is 31.8. The van der Waals surface area contributed by atoms with E-state index in [4.69, 9.17) is 28.4 Å². The summed E-state index contributed by atoms with van der Waals surface area (Å²) in [5.41, 5.74) is 0. The van der Waals surface area contributed by atoms with Gasteiger partial charge in [-0.2, -0.15) is 0 Å². The molecule has 0 spiro atoms. The second-order valence-corrected chi connectivity index (χ2v) is 5.85. The van der Waals surface area contributed by atoms with Gasteiger partial charge in [-0.3, -0.25) is 0 Å². The molecule has 0 amide bonds. The first-order valence-electron chi connectivity index (χ1n) is 10.1. The highest BCUT2D eigenvalue weighted by Crippen LogP contribution is 1.94. The van der Waals surface area contributed by atoms with Gasteiger partial charge in [0.2, 0.25) is 0 Å². The van der Waals surface area contributed by atoms with Crippen LogP contribution in [0.25, 0.3) is 0 Å². The van der Waals surface area contributed by atoms with Gasteiger partial charge in [-0.15, -0.1) is 0 Å².